The Morgan fingerprint density at radius 3 is 2.57 bits per heavy atom. The lowest BCUT2D eigenvalue weighted by Crippen LogP contribution is -2.38. The van der Waals surface area contributed by atoms with Gasteiger partial charge in [-0.1, -0.05) is 37.1 Å². The average molecular weight is 389 g/mol. The molecule has 0 radical (unpaired) electrons. The summed E-state index contributed by atoms with van der Waals surface area (Å²) in [6.45, 7) is 8.13. The number of aliphatic hydroxyl groups is 1. The van der Waals surface area contributed by atoms with Gasteiger partial charge >= 0.3 is 5.97 Å². The topological polar surface area (TPSA) is 76.0 Å². The molecule has 28 heavy (non-hydrogen) atoms. The van der Waals surface area contributed by atoms with E-state index in [4.69, 9.17) is 9.47 Å². The number of carbonyl (C=O) groups excluding carboxylic acids is 1. The van der Waals surface area contributed by atoms with Crippen molar-refractivity contribution in [3.63, 3.8) is 0 Å². The fraction of sp³-hybridized carbons (Fsp3) is 0.522. The lowest BCUT2D eigenvalue weighted by atomic mass is 9.81. The number of ether oxygens (including phenoxy) is 2. The molecule has 0 aliphatic heterocycles. The Kier molecular flexibility index (Phi) is 7.69. The molecule has 0 heterocycles. The molecular weight excluding hydrogens is 356 g/mol. The highest BCUT2D eigenvalue weighted by atomic mass is 16.5. The number of rotatable bonds is 4. The van der Waals surface area contributed by atoms with E-state index in [9.17, 15) is 15.0 Å². The molecule has 0 fully saturated rings. The summed E-state index contributed by atoms with van der Waals surface area (Å²) in [5, 5.41) is 20.6. The molecule has 0 bridgehead atoms. The van der Waals surface area contributed by atoms with Crippen LogP contribution in [-0.4, -0.2) is 35.5 Å². The molecule has 0 saturated carbocycles. The highest BCUT2D eigenvalue weighted by Crippen LogP contribution is 2.31. The van der Waals surface area contributed by atoms with Crippen LogP contribution >= 0.6 is 0 Å². The molecule has 154 valence electrons. The van der Waals surface area contributed by atoms with Crippen LogP contribution in [-0.2, 0) is 4.74 Å². The Hall–Kier alpha value is -2.27. The van der Waals surface area contributed by atoms with E-state index in [-0.39, 0.29) is 23.3 Å². The summed E-state index contributed by atoms with van der Waals surface area (Å²) in [5.74, 6) is -0.410. The number of methoxy groups -OCH3 is 1. The fourth-order valence-electron chi connectivity index (χ4n) is 3.74. The van der Waals surface area contributed by atoms with Gasteiger partial charge < -0.3 is 19.7 Å². The molecule has 2 unspecified atom stereocenters. The average Bonchev–Trinajstić information content (AvgIpc) is 2.61. The first kappa shape index (κ1) is 22.0. The molecule has 1 aromatic rings. The third kappa shape index (κ3) is 5.61. The van der Waals surface area contributed by atoms with Gasteiger partial charge in [0.2, 0.25) is 0 Å². The number of aromatic hydroxyl groups is 1. The molecule has 2 rings (SSSR count). The van der Waals surface area contributed by atoms with Crippen LogP contribution in [0.3, 0.4) is 0 Å². The molecule has 3 atom stereocenters. The number of allylic oxidation sites excluding steroid dienone is 2. The molecule has 1 aliphatic rings. The summed E-state index contributed by atoms with van der Waals surface area (Å²) in [6, 6.07) is 4.38. The summed E-state index contributed by atoms with van der Waals surface area (Å²) in [7, 11) is 1.43. The van der Waals surface area contributed by atoms with Gasteiger partial charge in [0.1, 0.15) is 6.10 Å². The van der Waals surface area contributed by atoms with Crippen molar-refractivity contribution in [3.05, 3.63) is 47.1 Å². The SMILES string of the molecule is COc1cc(C(=O)O[C@H]2CC(C)=CCC/C(C)=C/C(O)C2C(C)C)ccc1O. The standard InChI is InChI=1S/C23H32O5/c1-14(2)22-19(25)11-15(3)7-6-8-16(4)12-21(22)28-23(26)17-9-10-18(24)20(13-17)27-5/h8-11,13-14,19,21-22,24-25H,6-7,12H2,1-5H3/b15-11+,16-8?/t19?,21-,22?/m0/s1. The van der Waals surface area contributed by atoms with Crippen molar-refractivity contribution in [1.82, 2.24) is 0 Å². The molecule has 1 aliphatic carbocycles. The van der Waals surface area contributed by atoms with Crippen molar-refractivity contribution in [2.45, 2.75) is 59.2 Å². The van der Waals surface area contributed by atoms with Crippen LogP contribution in [0.5, 0.6) is 11.5 Å². The minimum atomic E-state index is -0.682. The smallest absolute Gasteiger partial charge is 0.338 e. The van der Waals surface area contributed by atoms with E-state index in [0.717, 1.165) is 24.0 Å². The molecule has 1 aromatic carbocycles. The van der Waals surface area contributed by atoms with Crippen molar-refractivity contribution in [3.8, 4) is 11.5 Å². The number of carbonyl (C=O) groups is 1. The Morgan fingerprint density at radius 1 is 1.21 bits per heavy atom. The molecule has 0 spiro atoms. The van der Waals surface area contributed by atoms with Crippen molar-refractivity contribution in [2.24, 2.45) is 11.8 Å². The molecule has 0 amide bonds. The zero-order valence-corrected chi connectivity index (χ0v) is 17.4. The number of phenolic OH excluding ortho intramolecular Hbond substituents is 1. The van der Waals surface area contributed by atoms with E-state index in [1.165, 1.54) is 25.3 Å². The summed E-state index contributed by atoms with van der Waals surface area (Å²) in [6.07, 6.45) is 5.33. The fourth-order valence-corrected chi connectivity index (χ4v) is 3.74. The Bertz CT molecular complexity index is 747. The number of hydrogen-bond donors (Lipinski definition) is 2. The molecule has 5 heteroatoms. The number of hydrogen-bond acceptors (Lipinski definition) is 5. The minimum Gasteiger partial charge on any atom is -0.504 e. The number of phenols is 1. The number of benzene rings is 1. The summed E-state index contributed by atoms with van der Waals surface area (Å²) >= 11 is 0. The second kappa shape index (κ2) is 9.78. The monoisotopic (exact) mass is 388 g/mol. The van der Waals surface area contributed by atoms with Gasteiger partial charge in [0.25, 0.3) is 0 Å². The van der Waals surface area contributed by atoms with Crippen LogP contribution in [0.2, 0.25) is 0 Å². The van der Waals surface area contributed by atoms with Crippen molar-refractivity contribution >= 4 is 5.97 Å². The maximum atomic E-state index is 12.8. The zero-order chi connectivity index (χ0) is 20.8. The second-order valence-corrected chi connectivity index (χ2v) is 7.95. The Labute approximate surface area is 167 Å². The first-order valence-electron chi connectivity index (χ1n) is 9.82. The molecular formula is C23H32O5. The third-order valence-corrected chi connectivity index (χ3v) is 5.28. The van der Waals surface area contributed by atoms with Crippen molar-refractivity contribution < 1.29 is 24.5 Å². The van der Waals surface area contributed by atoms with E-state index in [2.05, 4.69) is 6.08 Å². The minimum absolute atomic E-state index is 0.0346. The van der Waals surface area contributed by atoms with Gasteiger partial charge in [-0.25, -0.2) is 4.79 Å². The highest BCUT2D eigenvalue weighted by molar-refractivity contribution is 5.90. The number of esters is 1. The van der Waals surface area contributed by atoms with E-state index in [1.54, 1.807) is 0 Å². The van der Waals surface area contributed by atoms with Gasteiger partial charge in [-0.2, -0.15) is 0 Å². The third-order valence-electron chi connectivity index (χ3n) is 5.28. The van der Waals surface area contributed by atoms with Crippen LogP contribution in [0, 0.1) is 11.8 Å². The van der Waals surface area contributed by atoms with Gasteiger partial charge in [0.05, 0.1) is 18.8 Å². The summed E-state index contributed by atoms with van der Waals surface area (Å²) in [4.78, 5) is 12.8. The predicted molar refractivity (Wildman–Crippen MR) is 110 cm³/mol. The van der Waals surface area contributed by atoms with Crippen LogP contribution in [0.25, 0.3) is 0 Å². The first-order chi connectivity index (χ1) is 13.2. The largest absolute Gasteiger partial charge is 0.504 e. The lowest BCUT2D eigenvalue weighted by molar-refractivity contribution is -0.0217. The molecule has 0 aromatic heterocycles. The highest BCUT2D eigenvalue weighted by Gasteiger charge is 2.33. The van der Waals surface area contributed by atoms with Gasteiger partial charge in [-0.05, 0) is 50.8 Å². The first-order valence-corrected chi connectivity index (χ1v) is 9.82. The van der Waals surface area contributed by atoms with E-state index in [1.807, 2.05) is 33.8 Å². The Morgan fingerprint density at radius 2 is 1.93 bits per heavy atom. The van der Waals surface area contributed by atoms with E-state index < -0.39 is 18.2 Å². The molecule has 2 N–H and O–H groups in total. The number of aliphatic hydroxyl groups excluding tert-OH is 1. The second-order valence-electron chi connectivity index (χ2n) is 7.95. The normalized spacial score (nSPS) is 25.5. The van der Waals surface area contributed by atoms with Gasteiger partial charge in [-0.15, -0.1) is 0 Å². The summed E-state index contributed by atoms with van der Waals surface area (Å²) in [5.41, 5.74) is 2.59. The van der Waals surface area contributed by atoms with Crippen LogP contribution in [0.15, 0.2) is 41.5 Å². The van der Waals surface area contributed by atoms with Crippen LogP contribution < -0.4 is 4.74 Å². The maximum Gasteiger partial charge on any atom is 0.338 e. The predicted octanol–water partition coefficient (Wildman–Crippen LogP) is 4.64. The molecule has 0 saturated heterocycles. The summed E-state index contributed by atoms with van der Waals surface area (Å²) < 4.78 is 11.0. The van der Waals surface area contributed by atoms with Gasteiger partial charge in [0, 0.05) is 12.3 Å². The van der Waals surface area contributed by atoms with Gasteiger partial charge in [-0.3, -0.25) is 0 Å². The van der Waals surface area contributed by atoms with Crippen molar-refractivity contribution in [1.29, 1.82) is 0 Å². The quantitative estimate of drug-likeness (QED) is 0.581. The maximum absolute atomic E-state index is 12.8. The Balaban J connectivity index is 2.33. The van der Waals surface area contributed by atoms with Gasteiger partial charge in [0.15, 0.2) is 11.5 Å². The van der Waals surface area contributed by atoms with Crippen LogP contribution in [0.1, 0.15) is 57.3 Å². The lowest BCUT2D eigenvalue weighted by Gasteiger charge is -2.33. The zero-order valence-electron chi connectivity index (χ0n) is 17.4. The van der Waals surface area contributed by atoms with Crippen molar-refractivity contribution in [2.75, 3.05) is 7.11 Å². The van der Waals surface area contributed by atoms with E-state index >= 15 is 0 Å². The molecule has 5 nitrogen and oxygen atoms in total. The van der Waals surface area contributed by atoms with E-state index in [0.29, 0.717) is 12.0 Å². The van der Waals surface area contributed by atoms with Crippen LogP contribution in [0.4, 0.5) is 0 Å².